The Bertz CT molecular complexity index is 1000. The van der Waals surface area contributed by atoms with Crippen LogP contribution in [-0.4, -0.2) is 10.2 Å². The maximum atomic E-state index is 4.33. The van der Waals surface area contributed by atoms with Crippen molar-refractivity contribution in [1.29, 1.82) is 0 Å². The van der Waals surface area contributed by atoms with Crippen LogP contribution in [0.5, 0.6) is 0 Å². The van der Waals surface area contributed by atoms with Crippen molar-refractivity contribution in [2.45, 2.75) is 91.4 Å². The van der Waals surface area contributed by atoms with Crippen LogP contribution in [0.1, 0.15) is 88.3 Å². The van der Waals surface area contributed by atoms with E-state index in [4.69, 9.17) is 0 Å². The molecule has 0 saturated carbocycles. The van der Waals surface area contributed by atoms with Gasteiger partial charge in [-0.05, 0) is 47.2 Å². The first-order valence-electron chi connectivity index (χ1n) is 12.3. The molecule has 0 bridgehead atoms. The van der Waals surface area contributed by atoms with Gasteiger partial charge in [0.25, 0.3) is 0 Å². The smallest absolute Gasteiger partial charge is 0.143 e. The minimum atomic E-state index is 1.05. The highest BCUT2D eigenvalue weighted by Gasteiger charge is 2.06. The lowest BCUT2D eigenvalue weighted by Gasteiger charge is -2.10. The van der Waals surface area contributed by atoms with Crippen LogP contribution in [0.25, 0.3) is 10.6 Å². The van der Waals surface area contributed by atoms with E-state index >= 15 is 0 Å². The lowest BCUT2D eigenvalue weighted by Crippen LogP contribution is -1.96. The molecule has 1 aromatic heterocycles. The Morgan fingerprint density at radius 3 is 2.03 bits per heavy atom. The summed E-state index contributed by atoms with van der Waals surface area (Å²) in [6.45, 7) is 6.68. The van der Waals surface area contributed by atoms with Gasteiger partial charge in [-0.25, -0.2) is 0 Å². The molecule has 2 aliphatic rings. The standard InChI is InChI=1S/C17H24N2S.C11H14/c1-3-5-6-7-8-9-16-18-19-17(20-16)15-12-10-14(4-2)11-13-15;1-2-3-4-5-9-8-10-6-7-11(9)10/h10-13H,3-9H2,1-2H3;6-8H,2-5H2,1H3. The molecule has 2 aliphatic carbocycles. The van der Waals surface area contributed by atoms with Crippen molar-refractivity contribution < 1.29 is 0 Å². The van der Waals surface area contributed by atoms with E-state index in [2.05, 4.69) is 73.4 Å². The second kappa shape index (κ2) is 12.8. The fraction of sp³-hybridized carbons (Fsp3) is 0.500. The summed E-state index contributed by atoms with van der Waals surface area (Å²) in [6.07, 6.45) is 14.1. The quantitative estimate of drug-likeness (QED) is 0.210. The van der Waals surface area contributed by atoms with Crippen molar-refractivity contribution in [3.63, 3.8) is 0 Å². The van der Waals surface area contributed by atoms with Crippen LogP contribution < -0.4 is 0 Å². The summed E-state index contributed by atoms with van der Waals surface area (Å²) in [6, 6.07) is 15.4. The molecule has 1 heterocycles. The maximum Gasteiger partial charge on any atom is 0.147 e. The third kappa shape index (κ3) is 7.00. The molecule has 0 N–H and O–H groups in total. The number of hydrogen-bond acceptors (Lipinski definition) is 3. The number of unbranched alkanes of at least 4 members (excludes halogenated alkanes) is 6. The average molecular weight is 435 g/mol. The molecule has 0 unspecified atom stereocenters. The molecule has 0 saturated heterocycles. The molecular weight excluding hydrogens is 396 g/mol. The van der Waals surface area contributed by atoms with Crippen LogP contribution in [0.4, 0.5) is 0 Å². The highest BCUT2D eigenvalue weighted by Crippen LogP contribution is 2.25. The molecule has 31 heavy (non-hydrogen) atoms. The number of hydrogen-bond donors (Lipinski definition) is 0. The Morgan fingerprint density at radius 1 is 0.710 bits per heavy atom. The van der Waals surface area contributed by atoms with Crippen molar-refractivity contribution in [2.75, 3.05) is 0 Å². The van der Waals surface area contributed by atoms with Crippen LogP contribution in [0, 0.1) is 10.4 Å². The van der Waals surface area contributed by atoms with Gasteiger partial charge in [0.1, 0.15) is 10.0 Å². The second-order valence-electron chi connectivity index (χ2n) is 8.54. The van der Waals surface area contributed by atoms with Gasteiger partial charge in [-0.15, -0.1) is 10.2 Å². The third-order valence-electron chi connectivity index (χ3n) is 6.04. The summed E-state index contributed by atoms with van der Waals surface area (Å²) in [5.41, 5.74) is 4.15. The molecule has 0 atom stereocenters. The SMILES string of the molecule is CCCCCCCc1nnc(-c2ccc(CC)cc2)s1.CCCCCc1cc2ccc1=2. The summed E-state index contributed by atoms with van der Waals surface area (Å²) < 4.78 is 0. The maximum absolute atomic E-state index is 4.33. The fourth-order valence-electron chi connectivity index (χ4n) is 3.88. The van der Waals surface area contributed by atoms with E-state index in [1.54, 1.807) is 22.1 Å². The minimum Gasteiger partial charge on any atom is -0.143 e. The molecule has 0 fully saturated rings. The van der Waals surface area contributed by atoms with Gasteiger partial charge in [-0.1, -0.05) is 113 Å². The summed E-state index contributed by atoms with van der Waals surface area (Å²) in [5, 5.41) is 13.9. The van der Waals surface area contributed by atoms with Crippen molar-refractivity contribution in [2.24, 2.45) is 0 Å². The van der Waals surface area contributed by atoms with Crippen molar-refractivity contribution in [1.82, 2.24) is 10.2 Å². The van der Waals surface area contributed by atoms with E-state index in [0.29, 0.717) is 0 Å². The first-order valence-corrected chi connectivity index (χ1v) is 13.1. The molecule has 0 amide bonds. The van der Waals surface area contributed by atoms with E-state index in [1.165, 1.54) is 79.1 Å². The van der Waals surface area contributed by atoms with Gasteiger partial charge in [0.2, 0.25) is 0 Å². The Morgan fingerprint density at radius 2 is 1.42 bits per heavy atom. The summed E-state index contributed by atoms with van der Waals surface area (Å²) in [7, 11) is 0. The largest absolute Gasteiger partial charge is 0.147 e. The second-order valence-corrected chi connectivity index (χ2v) is 9.61. The molecule has 0 spiro atoms. The fourth-order valence-corrected chi connectivity index (χ4v) is 4.76. The Hall–Kier alpha value is -2.00. The molecule has 166 valence electrons. The van der Waals surface area contributed by atoms with E-state index < -0.39 is 0 Å². The highest BCUT2D eigenvalue weighted by atomic mass is 32.1. The Kier molecular flexibility index (Phi) is 9.74. The third-order valence-corrected chi connectivity index (χ3v) is 7.07. The Labute approximate surface area is 192 Å². The van der Waals surface area contributed by atoms with Crippen molar-refractivity contribution in [3.8, 4) is 10.6 Å². The molecule has 3 heteroatoms. The average Bonchev–Trinajstić information content (AvgIpc) is 3.26. The van der Waals surface area contributed by atoms with E-state index in [-0.39, 0.29) is 0 Å². The van der Waals surface area contributed by atoms with Gasteiger partial charge in [-0.3, -0.25) is 0 Å². The molecule has 2 nitrogen and oxygen atoms in total. The van der Waals surface area contributed by atoms with E-state index in [1.807, 2.05) is 0 Å². The number of aromatic nitrogens is 2. The molecule has 4 rings (SSSR count). The van der Waals surface area contributed by atoms with Crippen molar-refractivity contribution in [3.05, 3.63) is 69.0 Å². The van der Waals surface area contributed by atoms with Gasteiger partial charge in [-0.2, -0.15) is 0 Å². The van der Waals surface area contributed by atoms with Gasteiger partial charge in [0, 0.05) is 12.0 Å². The molecule has 1 aromatic carbocycles. The lowest BCUT2D eigenvalue weighted by molar-refractivity contribution is 0.630. The highest BCUT2D eigenvalue weighted by molar-refractivity contribution is 7.14. The number of nitrogens with zero attached hydrogens (tertiary/aromatic N) is 2. The predicted molar refractivity (Wildman–Crippen MR) is 135 cm³/mol. The minimum absolute atomic E-state index is 1.05. The van der Waals surface area contributed by atoms with Gasteiger partial charge < -0.3 is 0 Å². The summed E-state index contributed by atoms with van der Waals surface area (Å²) >= 11 is 1.74. The van der Waals surface area contributed by atoms with Crippen LogP contribution in [-0.2, 0) is 19.3 Å². The topological polar surface area (TPSA) is 25.8 Å². The first-order chi connectivity index (χ1) is 15.2. The molecule has 0 aliphatic heterocycles. The van der Waals surface area contributed by atoms with Crippen LogP contribution >= 0.6 is 11.3 Å². The van der Waals surface area contributed by atoms with Crippen LogP contribution in [0.2, 0.25) is 0 Å². The van der Waals surface area contributed by atoms with Crippen molar-refractivity contribution >= 4 is 11.3 Å². The first kappa shape index (κ1) is 23.7. The van der Waals surface area contributed by atoms with E-state index in [9.17, 15) is 0 Å². The predicted octanol–water partition coefficient (Wildman–Crippen LogP) is 8.30. The summed E-state index contributed by atoms with van der Waals surface area (Å²) in [5.74, 6) is 0. The van der Waals surface area contributed by atoms with E-state index in [0.717, 1.165) is 17.8 Å². The monoisotopic (exact) mass is 434 g/mol. The summed E-state index contributed by atoms with van der Waals surface area (Å²) in [4.78, 5) is 0. The van der Waals surface area contributed by atoms with Crippen LogP contribution in [0.15, 0.2) is 42.5 Å². The van der Waals surface area contributed by atoms with Crippen LogP contribution in [0.3, 0.4) is 0 Å². The van der Waals surface area contributed by atoms with Gasteiger partial charge in [0.15, 0.2) is 0 Å². The van der Waals surface area contributed by atoms with Gasteiger partial charge in [0.05, 0.1) is 0 Å². The zero-order chi connectivity index (χ0) is 21.9. The van der Waals surface area contributed by atoms with Gasteiger partial charge >= 0.3 is 0 Å². The number of aryl methyl sites for hydroxylation is 3. The Balaban J connectivity index is 0.000000207. The molecular formula is C28H38N2S. The normalized spacial score (nSPS) is 11.2. The molecule has 0 radical (unpaired) electrons. The lowest BCUT2D eigenvalue weighted by atomic mass is 9.95. The zero-order valence-corrected chi connectivity index (χ0v) is 20.4. The number of benzene rings is 2. The molecule has 2 aromatic rings. The zero-order valence-electron chi connectivity index (χ0n) is 19.6. The number of rotatable bonds is 12.